The first-order chi connectivity index (χ1) is 16.0. The number of rotatable bonds is 6. The Bertz CT molecular complexity index is 1200. The third-order valence-electron chi connectivity index (χ3n) is 6.18. The number of amides is 1. The van der Waals surface area contributed by atoms with Crippen LogP contribution in [0, 0.1) is 0 Å². The average Bonchev–Trinajstić information content (AvgIpc) is 3.40. The molecule has 5 rings (SSSR count). The number of carbonyl (C=O) groups excluding carboxylic acids is 1. The van der Waals surface area contributed by atoms with Gasteiger partial charge in [-0.15, -0.1) is 0 Å². The van der Waals surface area contributed by atoms with Gasteiger partial charge in [-0.25, -0.2) is 9.59 Å². The largest absolute Gasteiger partial charge is 0.493 e. The highest BCUT2D eigenvalue weighted by atomic mass is 79.9. The predicted octanol–water partition coefficient (Wildman–Crippen LogP) is 4.92. The molecule has 7 heteroatoms. The summed E-state index contributed by atoms with van der Waals surface area (Å²) >= 11 is 3.47. The monoisotopic (exact) mass is 507 g/mol. The van der Waals surface area contributed by atoms with Crippen LogP contribution < -0.4 is 10.1 Å². The Hall–Kier alpha value is -3.32. The van der Waals surface area contributed by atoms with Crippen LogP contribution in [0.1, 0.15) is 28.2 Å². The van der Waals surface area contributed by atoms with Crippen molar-refractivity contribution in [3.8, 4) is 16.9 Å². The molecular formula is C26H22BrNO5. The molecule has 33 heavy (non-hydrogen) atoms. The molecule has 3 aromatic carbocycles. The summed E-state index contributed by atoms with van der Waals surface area (Å²) in [6.07, 6.45) is 0.123. The molecule has 2 aliphatic rings. The van der Waals surface area contributed by atoms with Crippen LogP contribution in [0.5, 0.6) is 5.75 Å². The van der Waals surface area contributed by atoms with Crippen LogP contribution in [-0.4, -0.2) is 36.4 Å². The lowest BCUT2D eigenvalue weighted by atomic mass is 9.98. The smallest absolute Gasteiger partial charge is 0.407 e. The molecule has 1 aliphatic carbocycles. The number of carboxylic acids is 1. The van der Waals surface area contributed by atoms with E-state index in [-0.39, 0.29) is 18.9 Å². The molecule has 0 bridgehead atoms. The number of hydrogen-bond donors (Lipinski definition) is 2. The molecular weight excluding hydrogens is 486 g/mol. The SMILES string of the molecule is O=C(NC(Cc1cc(Br)cc2c1OCC2)C(=O)O)OCC1c2ccccc2-c2ccccc21. The number of carbonyl (C=O) groups is 2. The fourth-order valence-electron chi connectivity index (χ4n) is 4.70. The van der Waals surface area contributed by atoms with Crippen molar-refractivity contribution in [1.82, 2.24) is 5.32 Å². The van der Waals surface area contributed by atoms with Crippen LogP contribution in [0.3, 0.4) is 0 Å². The van der Waals surface area contributed by atoms with E-state index in [9.17, 15) is 14.7 Å². The Balaban J connectivity index is 1.28. The number of fused-ring (bicyclic) bond motifs is 4. The zero-order valence-electron chi connectivity index (χ0n) is 17.7. The molecule has 1 aliphatic heterocycles. The standard InChI is InChI=1S/C26H22BrNO5/c27-17-11-15-9-10-32-24(15)16(12-17)13-23(25(29)30)28-26(31)33-14-22-20-7-3-1-5-18(20)19-6-2-4-8-21(19)22/h1-8,11-12,22-23H,9-10,13-14H2,(H,28,31)(H,29,30). The fourth-order valence-corrected chi connectivity index (χ4v) is 5.25. The summed E-state index contributed by atoms with van der Waals surface area (Å²) in [4.78, 5) is 24.5. The minimum absolute atomic E-state index is 0.0897. The molecule has 6 nitrogen and oxygen atoms in total. The molecule has 1 amide bonds. The topological polar surface area (TPSA) is 84.9 Å². The third-order valence-corrected chi connectivity index (χ3v) is 6.64. The molecule has 168 valence electrons. The molecule has 1 heterocycles. The lowest BCUT2D eigenvalue weighted by molar-refractivity contribution is -0.139. The first-order valence-electron chi connectivity index (χ1n) is 10.8. The number of benzene rings is 3. The number of halogens is 1. The Morgan fingerprint density at radius 3 is 2.42 bits per heavy atom. The number of aliphatic carboxylic acids is 1. The summed E-state index contributed by atoms with van der Waals surface area (Å²) in [5, 5.41) is 12.2. The Morgan fingerprint density at radius 2 is 1.76 bits per heavy atom. The molecule has 1 unspecified atom stereocenters. The molecule has 2 N–H and O–H groups in total. The van der Waals surface area contributed by atoms with E-state index in [4.69, 9.17) is 9.47 Å². The fraction of sp³-hybridized carbons (Fsp3) is 0.231. The van der Waals surface area contributed by atoms with E-state index >= 15 is 0 Å². The number of hydrogen-bond acceptors (Lipinski definition) is 4. The van der Waals surface area contributed by atoms with E-state index in [0.29, 0.717) is 12.4 Å². The van der Waals surface area contributed by atoms with Crippen LogP contribution >= 0.6 is 15.9 Å². The van der Waals surface area contributed by atoms with Crippen molar-refractivity contribution in [3.63, 3.8) is 0 Å². The molecule has 0 spiro atoms. The number of alkyl carbamates (subject to hydrolysis) is 1. The third kappa shape index (κ3) is 4.20. The van der Waals surface area contributed by atoms with Gasteiger partial charge in [0.15, 0.2) is 0 Å². The maximum absolute atomic E-state index is 12.6. The molecule has 0 saturated heterocycles. The molecule has 3 aromatic rings. The van der Waals surface area contributed by atoms with Gasteiger partial charge in [-0.3, -0.25) is 0 Å². The first kappa shape index (κ1) is 21.5. The van der Waals surface area contributed by atoms with Crippen LogP contribution in [0.15, 0.2) is 65.1 Å². The van der Waals surface area contributed by atoms with Crippen molar-refractivity contribution in [2.24, 2.45) is 0 Å². The van der Waals surface area contributed by atoms with E-state index in [1.165, 1.54) is 0 Å². The van der Waals surface area contributed by atoms with Gasteiger partial charge >= 0.3 is 12.1 Å². The molecule has 0 radical (unpaired) electrons. The molecule has 0 fully saturated rings. The molecule has 0 aromatic heterocycles. The van der Waals surface area contributed by atoms with Crippen LogP contribution in [0.4, 0.5) is 4.79 Å². The van der Waals surface area contributed by atoms with Gasteiger partial charge in [-0.05, 0) is 45.5 Å². The number of ether oxygens (including phenoxy) is 2. The van der Waals surface area contributed by atoms with Gasteiger partial charge in [0.1, 0.15) is 18.4 Å². The summed E-state index contributed by atoms with van der Waals surface area (Å²) in [5.74, 6) is -0.512. The van der Waals surface area contributed by atoms with Gasteiger partial charge in [0.05, 0.1) is 6.61 Å². The summed E-state index contributed by atoms with van der Waals surface area (Å²) in [7, 11) is 0. The van der Waals surface area contributed by atoms with Crippen molar-refractivity contribution in [1.29, 1.82) is 0 Å². The highest BCUT2D eigenvalue weighted by Gasteiger charge is 2.30. The predicted molar refractivity (Wildman–Crippen MR) is 127 cm³/mol. The van der Waals surface area contributed by atoms with Crippen molar-refractivity contribution in [2.45, 2.75) is 24.8 Å². The van der Waals surface area contributed by atoms with Gasteiger partial charge in [-0.2, -0.15) is 0 Å². The molecule has 1 atom stereocenters. The van der Waals surface area contributed by atoms with Crippen LogP contribution in [0.25, 0.3) is 11.1 Å². The lowest BCUT2D eigenvalue weighted by Crippen LogP contribution is -2.43. The maximum atomic E-state index is 12.6. The van der Waals surface area contributed by atoms with Crippen molar-refractivity contribution in [2.75, 3.05) is 13.2 Å². The van der Waals surface area contributed by atoms with E-state index in [1.807, 2.05) is 48.5 Å². The Morgan fingerprint density at radius 1 is 1.09 bits per heavy atom. The van der Waals surface area contributed by atoms with Gasteiger partial charge < -0.3 is 19.9 Å². The van der Waals surface area contributed by atoms with E-state index in [0.717, 1.165) is 44.3 Å². The number of carboxylic acid groups (broad SMARTS) is 1. The number of nitrogens with one attached hydrogen (secondary N) is 1. The molecule has 0 saturated carbocycles. The van der Waals surface area contributed by atoms with Gasteiger partial charge in [-0.1, -0.05) is 64.5 Å². The van der Waals surface area contributed by atoms with Gasteiger partial charge in [0, 0.05) is 23.2 Å². The lowest BCUT2D eigenvalue weighted by Gasteiger charge is -2.18. The highest BCUT2D eigenvalue weighted by Crippen LogP contribution is 2.44. The minimum atomic E-state index is -1.14. The normalized spacial score (nSPS) is 14.6. The minimum Gasteiger partial charge on any atom is -0.493 e. The average molecular weight is 508 g/mol. The van der Waals surface area contributed by atoms with E-state index in [1.54, 1.807) is 0 Å². The van der Waals surface area contributed by atoms with Crippen molar-refractivity contribution >= 4 is 28.0 Å². The van der Waals surface area contributed by atoms with E-state index in [2.05, 4.69) is 33.4 Å². The first-order valence-corrected chi connectivity index (χ1v) is 11.6. The Kier molecular flexibility index (Phi) is 5.81. The van der Waals surface area contributed by atoms with Gasteiger partial charge in [0.2, 0.25) is 0 Å². The van der Waals surface area contributed by atoms with Crippen LogP contribution in [-0.2, 0) is 22.4 Å². The summed E-state index contributed by atoms with van der Waals surface area (Å²) in [6.45, 7) is 0.692. The summed E-state index contributed by atoms with van der Waals surface area (Å²) in [5.41, 5.74) is 6.24. The Labute approximate surface area is 199 Å². The second-order valence-corrected chi connectivity index (χ2v) is 9.13. The summed E-state index contributed by atoms with van der Waals surface area (Å²) in [6, 6.07) is 18.8. The van der Waals surface area contributed by atoms with Crippen molar-refractivity contribution in [3.05, 3.63) is 87.4 Å². The zero-order valence-corrected chi connectivity index (χ0v) is 19.3. The van der Waals surface area contributed by atoms with Crippen molar-refractivity contribution < 1.29 is 24.2 Å². The quantitative estimate of drug-likeness (QED) is 0.494. The summed E-state index contributed by atoms with van der Waals surface area (Å²) < 4.78 is 12.1. The second-order valence-electron chi connectivity index (χ2n) is 8.22. The van der Waals surface area contributed by atoms with E-state index < -0.39 is 18.1 Å². The second kappa shape index (κ2) is 8.90. The zero-order chi connectivity index (χ0) is 22.9. The van der Waals surface area contributed by atoms with Gasteiger partial charge in [0.25, 0.3) is 0 Å². The maximum Gasteiger partial charge on any atom is 0.407 e. The van der Waals surface area contributed by atoms with Crippen LogP contribution in [0.2, 0.25) is 0 Å². The highest BCUT2D eigenvalue weighted by molar-refractivity contribution is 9.10.